The predicted molar refractivity (Wildman–Crippen MR) is 195 cm³/mol. The number of carbonyl (C=O) groups excluding carboxylic acids is 1. The standard InChI is InChI=1S/C40H47N7O2.H2O.2Zn/c41-19-7-1-2-16-39(48)18-17-32-24-33(26-46(28-35-12-3-8-20-42-35)29-36-13-4-9-21-43-36)40(49)34(25-32)27-47(30-37-14-5-10-22-44-37)31-38-15-6-11-23-45-38;;;/h3-6,8-15,20-25,49H,1-2,7,16-19,26-31,41H2;1H2;;. The summed E-state index contributed by atoms with van der Waals surface area (Å²) in [5, 5.41) is 11.9. The molecular weight excluding hydrogens is 757 g/mol. The van der Waals surface area contributed by atoms with Gasteiger partial charge in [-0.2, -0.15) is 0 Å². The molecule has 0 saturated heterocycles. The Labute approximate surface area is 333 Å². The van der Waals surface area contributed by atoms with Gasteiger partial charge in [0.2, 0.25) is 0 Å². The van der Waals surface area contributed by atoms with Gasteiger partial charge >= 0.3 is 0 Å². The van der Waals surface area contributed by atoms with E-state index in [0.29, 0.717) is 65.1 Å². The molecule has 10 nitrogen and oxygen atoms in total. The van der Waals surface area contributed by atoms with E-state index in [0.717, 1.165) is 58.7 Å². The fourth-order valence-electron chi connectivity index (χ4n) is 5.97. The van der Waals surface area contributed by atoms with Crippen LogP contribution in [0.1, 0.15) is 71.6 Å². The number of benzene rings is 1. The topological polar surface area (TPSA) is 153 Å². The van der Waals surface area contributed by atoms with E-state index < -0.39 is 0 Å². The van der Waals surface area contributed by atoms with Crippen molar-refractivity contribution in [3.05, 3.63) is 149 Å². The SMILES string of the molecule is NCCCCCC(=O)CCc1cc(CN(Cc2ccccn2)Cc2ccccn2)c(O)c(CN(Cc2ccccn2)Cc2ccccn2)c1.O.[Zn].[Zn]. The maximum Gasteiger partial charge on any atom is 0.133 e. The number of rotatable bonds is 20. The van der Waals surface area contributed by atoms with Crippen molar-refractivity contribution < 1.29 is 54.3 Å². The van der Waals surface area contributed by atoms with Crippen molar-refractivity contribution in [2.45, 2.75) is 77.8 Å². The third-order valence-electron chi connectivity index (χ3n) is 8.41. The molecule has 0 radical (unpaired) electrons. The van der Waals surface area contributed by atoms with Gasteiger partial charge in [-0.15, -0.1) is 0 Å². The van der Waals surface area contributed by atoms with Gasteiger partial charge in [0.1, 0.15) is 11.5 Å². The maximum absolute atomic E-state index is 12.9. The Kier molecular flexibility index (Phi) is 21.1. The summed E-state index contributed by atoms with van der Waals surface area (Å²) in [7, 11) is 0. The van der Waals surface area contributed by atoms with E-state index in [1.807, 2.05) is 72.8 Å². The molecule has 0 amide bonds. The van der Waals surface area contributed by atoms with E-state index in [1.165, 1.54) is 0 Å². The van der Waals surface area contributed by atoms with Crippen molar-refractivity contribution in [3.8, 4) is 5.75 Å². The molecule has 4 heterocycles. The molecule has 0 aliphatic heterocycles. The van der Waals surface area contributed by atoms with Crippen LogP contribution in [0.3, 0.4) is 0 Å². The average Bonchev–Trinajstić information content (AvgIpc) is 3.12. The molecule has 0 fully saturated rings. The number of nitrogens with two attached hydrogens (primary N) is 1. The normalized spacial score (nSPS) is 10.7. The van der Waals surface area contributed by atoms with Crippen LogP contribution in [0.15, 0.2) is 110 Å². The largest absolute Gasteiger partial charge is 0.507 e. The molecule has 0 aliphatic rings. The number of ketones is 1. The Hall–Kier alpha value is -3.62. The van der Waals surface area contributed by atoms with Gasteiger partial charge in [-0.05, 0) is 79.9 Å². The second-order valence-corrected chi connectivity index (χ2v) is 12.5. The Morgan fingerprint density at radius 2 is 0.981 bits per heavy atom. The summed E-state index contributed by atoms with van der Waals surface area (Å²) in [5.41, 5.74) is 12.0. The summed E-state index contributed by atoms with van der Waals surface area (Å²) in [4.78, 5) is 35.7. The smallest absolute Gasteiger partial charge is 0.133 e. The van der Waals surface area contributed by atoms with Crippen LogP contribution in [0.25, 0.3) is 0 Å². The number of aryl methyl sites for hydroxylation is 1. The molecule has 266 valence electrons. The summed E-state index contributed by atoms with van der Waals surface area (Å²) >= 11 is 0. The van der Waals surface area contributed by atoms with Crippen LogP contribution in [-0.2, 0) is 89.4 Å². The molecule has 0 atom stereocenters. The third kappa shape index (κ3) is 15.2. The van der Waals surface area contributed by atoms with Gasteiger partial charge in [0, 0.05) is 127 Å². The van der Waals surface area contributed by atoms with Crippen LogP contribution in [0.5, 0.6) is 5.75 Å². The van der Waals surface area contributed by atoms with Gasteiger partial charge in [-0.3, -0.25) is 34.5 Å². The first kappa shape index (κ1) is 44.5. The van der Waals surface area contributed by atoms with Crippen molar-refractivity contribution >= 4 is 5.78 Å². The van der Waals surface area contributed by atoms with Crippen molar-refractivity contribution in [1.29, 1.82) is 0 Å². The minimum atomic E-state index is 0. The van der Waals surface area contributed by atoms with Crippen LogP contribution < -0.4 is 5.73 Å². The number of nitrogens with zero attached hydrogens (tertiary/aromatic N) is 6. The number of phenolic OH excluding ortho intramolecular Hbond substituents is 1. The molecule has 12 heteroatoms. The second kappa shape index (κ2) is 24.6. The van der Waals surface area contributed by atoms with E-state index in [4.69, 9.17) is 5.73 Å². The molecule has 0 aliphatic carbocycles. The quantitative estimate of drug-likeness (QED) is 0.0760. The fourth-order valence-corrected chi connectivity index (χ4v) is 5.97. The molecule has 0 unspecified atom stereocenters. The second-order valence-electron chi connectivity index (χ2n) is 12.5. The summed E-state index contributed by atoms with van der Waals surface area (Å²) in [6.45, 7) is 3.96. The van der Waals surface area contributed by atoms with Crippen molar-refractivity contribution in [1.82, 2.24) is 29.7 Å². The monoisotopic (exact) mass is 803 g/mol. The molecule has 5 rings (SSSR count). The number of Topliss-reactive ketones (excluding diaryl/α,β-unsaturated/α-hetero) is 1. The van der Waals surface area contributed by atoms with E-state index in [9.17, 15) is 9.90 Å². The van der Waals surface area contributed by atoms with E-state index in [2.05, 4.69) is 41.9 Å². The average molecular weight is 807 g/mol. The van der Waals surface area contributed by atoms with Crippen molar-refractivity contribution in [2.75, 3.05) is 6.54 Å². The summed E-state index contributed by atoms with van der Waals surface area (Å²) in [6.07, 6.45) is 11.6. The molecule has 0 saturated carbocycles. The molecule has 0 bridgehead atoms. The first-order valence-corrected chi connectivity index (χ1v) is 17.2. The molecule has 52 heavy (non-hydrogen) atoms. The summed E-state index contributed by atoms with van der Waals surface area (Å²) < 4.78 is 0. The Balaban J connectivity index is 0.00000312. The Morgan fingerprint density at radius 1 is 0.577 bits per heavy atom. The number of aromatic hydroxyl groups is 1. The number of carbonyl (C=O) groups is 1. The van der Waals surface area contributed by atoms with E-state index in [1.54, 1.807) is 24.8 Å². The maximum atomic E-state index is 12.9. The minimum absolute atomic E-state index is 0. The first-order valence-electron chi connectivity index (χ1n) is 17.2. The number of phenols is 1. The van der Waals surface area contributed by atoms with Gasteiger partial charge in [-0.1, -0.05) is 42.8 Å². The molecule has 5 N–H and O–H groups in total. The summed E-state index contributed by atoms with van der Waals surface area (Å²) in [6, 6.07) is 27.8. The zero-order valence-electron chi connectivity index (χ0n) is 30.1. The molecular formula is C40H49N7O3Zn2. The van der Waals surface area contributed by atoms with Crippen LogP contribution in [-0.4, -0.2) is 52.6 Å². The van der Waals surface area contributed by atoms with E-state index in [-0.39, 0.29) is 56.0 Å². The third-order valence-corrected chi connectivity index (χ3v) is 8.41. The Bertz CT molecular complexity index is 1510. The van der Waals surface area contributed by atoms with Crippen LogP contribution in [0, 0.1) is 0 Å². The van der Waals surface area contributed by atoms with Crippen molar-refractivity contribution in [2.24, 2.45) is 5.73 Å². The zero-order chi connectivity index (χ0) is 34.1. The zero-order valence-corrected chi connectivity index (χ0v) is 36.0. The molecule has 0 spiro atoms. The predicted octanol–water partition coefficient (Wildman–Crippen LogP) is 5.57. The number of aromatic nitrogens is 4. The Morgan fingerprint density at radius 3 is 1.33 bits per heavy atom. The first-order chi connectivity index (χ1) is 24.1. The van der Waals surface area contributed by atoms with E-state index >= 15 is 0 Å². The summed E-state index contributed by atoms with van der Waals surface area (Å²) in [5.74, 6) is 0.517. The van der Waals surface area contributed by atoms with Crippen molar-refractivity contribution in [3.63, 3.8) is 0 Å². The van der Waals surface area contributed by atoms with Crippen LogP contribution in [0.4, 0.5) is 0 Å². The number of unbranched alkanes of at least 4 members (excludes halogenated alkanes) is 2. The molecule has 5 aromatic rings. The van der Waals surface area contributed by atoms with Crippen LogP contribution >= 0.6 is 0 Å². The molecule has 4 aromatic heterocycles. The van der Waals surface area contributed by atoms with Gasteiger partial charge in [0.25, 0.3) is 0 Å². The van der Waals surface area contributed by atoms with Gasteiger partial charge in [0.05, 0.1) is 22.8 Å². The number of hydrogen-bond acceptors (Lipinski definition) is 9. The van der Waals surface area contributed by atoms with Gasteiger partial charge < -0.3 is 16.3 Å². The van der Waals surface area contributed by atoms with Crippen LogP contribution in [0.2, 0.25) is 0 Å². The van der Waals surface area contributed by atoms with Gasteiger partial charge in [0.15, 0.2) is 0 Å². The molecule has 1 aromatic carbocycles. The van der Waals surface area contributed by atoms with Gasteiger partial charge in [-0.25, -0.2) is 0 Å². The fraction of sp³-hybridized carbons (Fsp3) is 0.325. The number of pyridine rings is 4. The minimum Gasteiger partial charge on any atom is -0.507 e. The number of hydrogen-bond donors (Lipinski definition) is 2.